The Bertz CT molecular complexity index is 222. The van der Waals surface area contributed by atoms with Crippen LogP contribution in [0.3, 0.4) is 0 Å². The molecule has 0 aromatic rings. The average Bonchev–Trinajstić information content (AvgIpc) is 2.50. The Kier molecular flexibility index (Phi) is 19.1. The van der Waals surface area contributed by atoms with Gasteiger partial charge in [0.2, 0.25) is 0 Å². The van der Waals surface area contributed by atoms with Gasteiger partial charge in [0.1, 0.15) is 0 Å². The summed E-state index contributed by atoms with van der Waals surface area (Å²) in [6.07, 6.45) is 26.3. The molecule has 0 spiro atoms. The van der Waals surface area contributed by atoms with E-state index in [0.29, 0.717) is 0 Å². The minimum Gasteiger partial charge on any atom is -0.133 e. The van der Waals surface area contributed by atoms with Gasteiger partial charge in [-0.25, -0.2) is 0 Å². The Balaban J connectivity index is 2.94. The van der Waals surface area contributed by atoms with E-state index in [-0.39, 0.29) is 0 Å². The van der Waals surface area contributed by atoms with E-state index in [1.165, 1.54) is 109 Å². The van der Waals surface area contributed by atoms with E-state index in [9.17, 15) is 0 Å². The third-order valence-electron chi connectivity index (χ3n) is 4.35. The fourth-order valence-corrected chi connectivity index (χ4v) is 2.90. The van der Waals surface area contributed by atoms with Gasteiger partial charge in [-0.05, 0) is 18.9 Å². The van der Waals surface area contributed by atoms with E-state index in [0.717, 1.165) is 0 Å². The summed E-state index contributed by atoms with van der Waals surface area (Å²) in [5.41, 5.74) is 2.84. The molecule has 0 amide bonds. The van der Waals surface area contributed by atoms with Gasteiger partial charge in [-0.15, -0.1) is 5.73 Å². The highest BCUT2D eigenvalue weighted by Crippen LogP contribution is 2.13. The molecule has 0 aromatic heterocycles. The van der Waals surface area contributed by atoms with E-state index in [4.69, 9.17) is 0 Å². The van der Waals surface area contributed by atoms with Crippen LogP contribution in [0.4, 0.5) is 0 Å². The summed E-state index contributed by atoms with van der Waals surface area (Å²) in [6, 6.07) is 0. The van der Waals surface area contributed by atoms with Gasteiger partial charge in [0.15, 0.2) is 0 Å². The van der Waals surface area contributed by atoms with Crippen LogP contribution >= 0.6 is 0 Å². The summed E-state index contributed by atoms with van der Waals surface area (Å²) in [4.78, 5) is 0. The molecule has 21 heavy (non-hydrogen) atoms. The smallest absolute Gasteiger partial charge is 0.0275 e. The van der Waals surface area contributed by atoms with Crippen molar-refractivity contribution in [2.45, 2.75) is 116 Å². The van der Waals surface area contributed by atoms with Crippen molar-refractivity contribution in [3.8, 4) is 0 Å². The molecule has 0 atom stereocenters. The molecule has 124 valence electrons. The van der Waals surface area contributed by atoms with Crippen molar-refractivity contribution in [3.05, 3.63) is 18.4 Å². The third-order valence-corrected chi connectivity index (χ3v) is 4.35. The molecule has 0 fully saturated rings. The lowest BCUT2D eigenvalue weighted by atomic mass is 10.0. The molecule has 0 heteroatoms. The molecule has 0 rings (SSSR count). The Morgan fingerprint density at radius 2 is 0.905 bits per heavy atom. The van der Waals surface area contributed by atoms with Gasteiger partial charge in [-0.1, -0.05) is 110 Å². The lowest BCUT2D eigenvalue weighted by Gasteiger charge is -2.03. The van der Waals surface area contributed by atoms with Gasteiger partial charge >= 0.3 is 0 Å². The molecule has 0 heterocycles. The molecule has 0 nitrogen and oxygen atoms in total. The normalized spacial score (nSPS) is 10.5. The van der Waals surface area contributed by atoms with E-state index >= 15 is 0 Å². The van der Waals surface area contributed by atoms with Gasteiger partial charge in [0.05, 0.1) is 0 Å². The van der Waals surface area contributed by atoms with E-state index in [2.05, 4.69) is 25.3 Å². The van der Waals surface area contributed by atoms with Crippen molar-refractivity contribution in [3.63, 3.8) is 0 Å². The Hall–Kier alpha value is -0.480. The lowest BCUT2D eigenvalue weighted by Crippen LogP contribution is -1.83. The van der Waals surface area contributed by atoms with Crippen LogP contribution in [0.25, 0.3) is 0 Å². The summed E-state index contributed by atoms with van der Waals surface area (Å²) in [7, 11) is 0. The molecule has 0 saturated heterocycles. The van der Waals surface area contributed by atoms with Crippen molar-refractivity contribution in [1.29, 1.82) is 0 Å². The lowest BCUT2D eigenvalue weighted by molar-refractivity contribution is 0.530. The first-order valence-corrected chi connectivity index (χ1v) is 9.76. The van der Waals surface area contributed by atoms with Gasteiger partial charge in [-0.3, -0.25) is 0 Å². The first-order valence-electron chi connectivity index (χ1n) is 9.76. The standard InChI is InChI=1S/C21H40/c1-3-5-7-9-11-13-15-17-19-21-20-18-16-14-12-10-8-6-4-2/h5H,1,4,6-21H2,2H3. The molecule has 0 saturated carbocycles. The Morgan fingerprint density at radius 3 is 1.24 bits per heavy atom. The van der Waals surface area contributed by atoms with Gasteiger partial charge < -0.3 is 0 Å². The molecule has 0 aliphatic rings. The topological polar surface area (TPSA) is 0 Å². The monoisotopic (exact) mass is 292 g/mol. The second-order valence-corrected chi connectivity index (χ2v) is 6.50. The van der Waals surface area contributed by atoms with E-state index in [1.54, 1.807) is 0 Å². The molecule has 0 aliphatic heterocycles. The predicted molar refractivity (Wildman–Crippen MR) is 97.9 cm³/mol. The highest BCUT2D eigenvalue weighted by molar-refractivity contribution is 4.74. The fraction of sp³-hybridized carbons (Fsp3) is 0.857. The van der Waals surface area contributed by atoms with E-state index in [1.807, 2.05) is 0 Å². The average molecular weight is 293 g/mol. The number of unbranched alkanes of at least 4 members (excludes halogenated alkanes) is 16. The largest absolute Gasteiger partial charge is 0.133 e. The van der Waals surface area contributed by atoms with Crippen molar-refractivity contribution >= 4 is 0 Å². The Morgan fingerprint density at radius 1 is 0.571 bits per heavy atom. The molecular weight excluding hydrogens is 252 g/mol. The second kappa shape index (κ2) is 19.5. The molecule has 0 N–H and O–H groups in total. The number of rotatable bonds is 17. The minimum absolute atomic E-state index is 1.17. The van der Waals surface area contributed by atoms with Crippen LogP contribution in [0.15, 0.2) is 18.4 Å². The zero-order chi connectivity index (χ0) is 15.4. The number of allylic oxidation sites excluding steroid dienone is 1. The van der Waals surface area contributed by atoms with Crippen LogP contribution in [0.5, 0.6) is 0 Å². The van der Waals surface area contributed by atoms with Crippen molar-refractivity contribution < 1.29 is 0 Å². The zero-order valence-corrected chi connectivity index (χ0v) is 14.8. The maximum absolute atomic E-state index is 3.59. The Labute approximate surface area is 135 Å². The maximum Gasteiger partial charge on any atom is -0.0275 e. The van der Waals surface area contributed by atoms with Crippen molar-refractivity contribution in [2.75, 3.05) is 0 Å². The number of hydrogen-bond donors (Lipinski definition) is 0. The predicted octanol–water partition coefficient (Wildman–Crippen LogP) is 7.98. The molecule has 0 unspecified atom stereocenters. The highest BCUT2D eigenvalue weighted by Gasteiger charge is 1.94. The summed E-state index contributed by atoms with van der Waals surface area (Å²) in [5.74, 6) is 0. The molecule has 0 radical (unpaired) electrons. The molecule has 0 aliphatic carbocycles. The summed E-state index contributed by atoms with van der Waals surface area (Å²) in [5, 5.41) is 0. The van der Waals surface area contributed by atoms with Crippen LogP contribution in [0.2, 0.25) is 0 Å². The SMILES string of the molecule is C=C=CCCCCCCCCCCCCCCCCCC. The molecular formula is C21H40. The summed E-state index contributed by atoms with van der Waals surface area (Å²) in [6.45, 7) is 5.88. The third kappa shape index (κ3) is 19.5. The number of hydrogen-bond acceptors (Lipinski definition) is 0. The van der Waals surface area contributed by atoms with Crippen LogP contribution in [-0.4, -0.2) is 0 Å². The fourth-order valence-electron chi connectivity index (χ4n) is 2.90. The minimum atomic E-state index is 1.17. The van der Waals surface area contributed by atoms with Gasteiger partial charge in [0, 0.05) is 0 Å². The first-order chi connectivity index (χ1) is 10.4. The van der Waals surface area contributed by atoms with Gasteiger partial charge in [0.25, 0.3) is 0 Å². The second-order valence-electron chi connectivity index (χ2n) is 6.50. The van der Waals surface area contributed by atoms with Crippen LogP contribution in [0.1, 0.15) is 116 Å². The molecule has 0 aromatic carbocycles. The zero-order valence-electron chi connectivity index (χ0n) is 14.8. The maximum atomic E-state index is 3.59. The first kappa shape index (κ1) is 20.5. The van der Waals surface area contributed by atoms with Crippen LogP contribution in [0, 0.1) is 0 Å². The highest BCUT2D eigenvalue weighted by atomic mass is 14.0. The van der Waals surface area contributed by atoms with Crippen LogP contribution in [-0.2, 0) is 0 Å². The van der Waals surface area contributed by atoms with E-state index < -0.39 is 0 Å². The summed E-state index contributed by atoms with van der Waals surface area (Å²) >= 11 is 0. The summed E-state index contributed by atoms with van der Waals surface area (Å²) < 4.78 is 0. The van der Waals surface area contributed by atoms with Crippen LogP contribution < -0.4 is 0 Å². The van der Waals surface area contributed by atoms with Gasteiger partial charge in [-0.2, -0.15) is 0 Å². The molecule has 0 bridgehead atoms. The quantitative estimate of drug-likeness (QED) is 0.188. The van der Waals surface area contributed by atoms with Crippen molar-refractivity contribution in [2.24, 2.45) is 0 Å². The van der Waals surface area contributed by atoms with Crippen molar-refractivity contribution in [1.82, 2.24) is 0 Å².